The minimum absolute atomic E-state index is 0.206. The first-order valence-corrected chi connectivity index (χ1v) is 10.4. The molecule has 0 aliphatic carbocycles. The predicted molar refractivity (Wildman–Crippen MR) is 118 cm³/mol. The Morgan fingerprint density at radius 2 is 2.10 bits per heavy atom. The standard InChI is InChI=1S/C21H18ClN5O2S/c1-4-17(28)26-21-25-15-5-6-27(20(29)19(15)30-21)16-8-13(14(22)10-23-16)18-12(3)7-11(2)9-24-18/h4,7-10H,1,5-6H2,2-3H3,(H,25,26,28). The number of aryl methyl sites for hydroxylation is 2. The van der Waals surface area contributed by atoms with Crippen LogP contribution in [-0.4, -0.2) is 33.3 Å². The molecule has 0 bridgehead atoms. The average Bonchev–Trinajstić information content (AvgIpc) is 3.13. The van der Waals surface area contributed by atoms with Gasteiger partial charge in [-0.1, -0.05) is 35.6 Å². The van der Waals surface area contributed by atoms with Crippen molar-refractivity contribution in [1.82, 2.24) is 15.0 Å². The van der Waals surface area contributed by atoms with Gasteiger partial charge >= 0.3 is 0 Å². The zero-order valence-corrected chi connectivity index (χ0v) is 18.0. The fourth-order valence-corrected chi connectivity index (χ4v) is 4.47. The molecule has 1 N–H and O–H groups in total. The van der Waals surface area contributed by atoms with E-state index in [-0.39, 0.29) is 11.8 Å². The Bertz CT molecular complexity index is 1190. The summed E-state index contributed by atoms with van der Waals surface area (Å²) >= 11 is 7.55. The van der Waals surface area contributed by atoms with E-state index in [2.05, 4.69) is 26.8 Å². The maximum absolute atomic E-state index is 13.1. The SMILES string of the molecule is C=CC(=O)Nc1nc2c(s1)C(=O)N(c1cc(-c3ncc(C)cc3C)c(Cl)cn1)CC2. The molecule has 0 fully saturated rings. The van der Waals surface area contributed by atoms with E-state index >= 15 is 0 Å². The quantitative estimate of drug-likeness (QED) is 0.615. The largest absolute Gasteiger partial charge is 0.298 e. The zero-order chi connectivity index (χ0) is 21.4. The maximum atomic E-state index is 13.1. The van der Waals surface area contributed by atoms with E-state index in [1.807, 2.05) is 19.9 Å². The molecule has 0 radical (unpaired) electrons. The molecule has 0 atom stereocenters. The number of nitrogens with zero attached hydrogens (tertiary/aromatic N) is 4. The van der Waals surface area contributed by atoms with E-state index < -0.39 is 0 Å². The molecule has 0 aromatic carbocycles. The number of aromatic nitrogens is 3. The van der Waals surface area contributed by atoms with Gasteiger partial charge in [-0.05, 0) is 37.1 Å². The van der Waals surface area contributed by atoms with Gasteiger partial charge in [0, 0.05) is 30.9 Å². The van der Waals surface area contributed by atoms with Gasteiger partial charge in [-0.25, -0.2) is 9.97 Å². The second-order valence-electron chi connectivity index (χ2n) is 6.90. The molecule has 3 aromatic heterocycles. The molecule has 2 amide bonds. The maximum Gasteiger partial charge on any atom is 0.271 e. The van der Waals surface area contributed by atoms with Crippen molar-refractivity contribution in [3.8, 4) is 11.3 Å². The fourth-order valence-electron chi connectivity index (χ4n) is 3.31. The van der Waals surface area contributed by atoms with Gasteiger partial charge in [-0.3, -0.25) is 24.8 Å². The molecule has 7 nitrogen and oxygen atoms in total. The topological polar surface area (TPSA) is 88.1 Å². The number of thiazole rings is 1. The number of anilines is 2. The van der Waals surface area contributed by atoms with E-state index in [4.69, 9.17) is 11.6 Å². The molecule has 0 spiro atoms. The molecule has 9 heteroatoms. The van der Waals surface area contributed by atoms with Crippen molar-refractivity contribution in [1.29, 1.82) is 0 Å². The molecule has 4 rings (SSSR count). The van der Waals surface area contributed by atoms with Gasteiger partial charge in [0.1, 0.15) is 10.7 Å². The minimum atomic E-state index is -0.365. The number of amides is 2. The summed E-state index contributed by atoms with van der Waals surface area (Å²) in [6.45, 7) is 7.80. The summed E-state index contributed by atoms with van der Waals surface area (Å²) in [5, 5.41) is 3.46. The van der Waals surface area contributed by atoms with Gasteiger partial charge in [0.15, 0.2) is 5.13 Å². The lowest BCUT2D eigenvalue weighted by Crippen LogP contribution is -2.37. The predicted octanol–water partition coefficient (Wildman–Crippen LogP) is 4.20. The third kappa shape index (κ3) is 3.71. The van der Waals surface area contributed by atoms with Gasteiger partial charge in [0.05, 0.1) is 16.4 Å². The number of pyridine rings is 2. The van der Waals surface area contributed by atoms with Gasteiger partial charge in [-0.15, -0.1) is 0 Å². The Labute approximate surface area is 182 Å². The van der Waals surface area contributed by atoms with Crippen molar-refractivity contribution < 1.29 is 9.59 Å². The van der Waals surface area contributed by atoms with Crippen LogP contribution in [0.4, 0.5) is 10.9 Å². The highest BCUT2D eigenvalue weighted by Crippen LogP contribution is 2.34. The van der Waals surface area contributed by atoms with E-state index in [1.54, 1.807) is 23.4 Å². The molecule has 0 saturated carbocycles. The molecule has 1 aliphatic rings. The van der Waals surface area contributed by atoms with Gasteiger partial charge in [0.2, 0.25) is 5.91 Å². The smallest absolute Gasteiger partial charge is 0.271 e. The average molecular weight is 440 g/mol. The van der Waals surface area contributed by atoms with Crippen LogP contribution in [0.2, 0.25) is 5.02 Å². The van der Waals surface area contributed by atoms with Crippen LogP contribution >= 0.6 is 22.9 Å². The summed E-state index contributed by atoms with van der Waals surface area (Å²) in [6.07, 6.45) is 5.05. The third-order valence-electron chi connectivity index (χ3n) is 4.71. The first-order chi connectivity index (χ1) is 14.4. The number of hydrogen-bond donors (Lipinski definition) is 1. The first-order valence-electron chi connectivity index (χ1n) is 9.21. The van der Waals surface area contributed by atoms with Crippen molar-refractivity contribution in [3.05, 3.63) is 63.9 Å². The highest BCUT2D eigenvalue weighted by Gasteiger charge is 2.30. The van der Waals surface area contributed by atoms with Crippen LogP contribution in [0.25, 0.3) is 11.3 Å². The van der Waals surface area contributed by atoms with Gasteiger partial charge in [-0.2, -0.15) is 0 Å². The second kappa shape index (κ2) is 7.97. The molecule has 1 aliphatic heterocycles. The molecule has 4 heterocycles. The van der Waals surface area contributed by atoms with Crippen LogP contribution in [0.5, 0.6) is 0 Å². The van der Waals surface area contributed by atoms with E-state index in [1.165, 1.54) is 0 Å². The molecule has 3 aromatic rings. The normalized spacial score (nSPS) is 13.2. The van der Waals surface area contributed by atoms with Crippen molar-refractivity contribution in [2.75, 3.05) is 16.8 Å². The van der Waals surface area contributed by atoms with Crippen LogP contribution in [0.1, 0.15) is 26.5 Å². The molecule has 30 heavy (non-hydrogen) atoms. The molecule has 0 unspecified atom stereocenters. The van der Waals surface area contributed by atoms with Crippen LogP contribution in [0.3, 0.4) is 0 Å². The van der Waals surface area contributed by atoms with E-state index in [9.17, 15) is 9.59 Å². The number of halogens is 1. The lowest BCUT2D eigenvalue weighted by molar-refractivity contribution is -0.111. The number of rotatable bonds is 4. The Morgan fingerprint density at radius 3 is 2.83 bits per heavy atom. The van der Waals surface area contributed by atoms with Crippen LogP contribution in [-0.2, 0) is 11.2 Å². The summed E-state index contributed by atoms with van der Waals surface area (Å²) in [5.74, 6) is -0.0745. The lowest BCUT2D eigenvalue weighted by atomic mass is 10.1. The van der Waals surface area contributed by atoms with E-state index in [0.717, 1.165) is 39.8 Å². The minimum Gasteiger partial charge on any atom is -0.298 e. The van der Waals surface area contributed by atoms with Gasteiger partial charge in [0.25, 0.3) is 5.91 Å². The highest BCUT2D eigenvalue weighted by molar-refractivity contribution is 7.18. The van der Waals surface area contributed by atoms with Crippen LogP contribution in [0, 0.1) is 13.8 Å². The third-order valence-corrected chi connectivity index (χ3v) is 6.01. The first kappa shape index (κ1) is 20.2. The fraction of sp³-hybridized carbons (Fsp3) is 0.190. The number of carbonyl (C=O) groups is 2. The van der Waals surface area contributed by atoms with Gasteiger partial charge < -0.3 is 0 Å². The molecule has 0 saturated heterocycles. The second-order valence-corrected chi connectivity index (χ2v) is 8.30. The Kier molecular flexibility index (Phi) is 5.36. The van der Waals surface area contributed by atoms with Crippen molar-refractivity contribution >= 4 is 45.7 Å². The summed E-state index contributed by atoms with van der Waals surface area (Å²) in [5.41, 5.74) is 4.20. The van der Waals surface area contributed by atoms with Crippen LogP contribution in [0.15, 0.2) is 37.2 Å². The Morgan fingerprint density at radius 1 is 1.30 bits per heavy atom. The van der Waals surface area contributed by atoms with Crippen molar-refractivity contribution in [2.45, 2.75) is 20.3 Å². The number of nitrogens with one attached hydrogen (secondary N) is 1. The summed E-state index contributed by atoms with van der Waals surface area (Å²) < 4.78 is 0. The highest BCUT2D eigenvalue weighted by atomic mass is 35.5. The number of fused-ring (bicyclic) bond motifs is 1. The summed E-state index contributed by atoms with van der Waals surface area (Å²) in [4.78, 5) is 40.0. The summed E-state index contributed by atoms with van der Waals surface area (Å²) in [7, 11) is 0. The Hall–Kier alpha value is -3.10. The van der Waals surface area contributed by atoms with E-state index in [0.29, 0.717) is 39.5 Å². The lowest BCUT2D eigenvalue weighted by Gasteiger charge is -2.25. The van der Waals surface area contributed by atoms with Crippen molar-refractivity contribution in [2.24, 2.45) is 0 Å². The summed E-state index contributed by atoms with van der Waals surface area (Å²) in [6, 6.07) is 3.82. The Balaban J connectivity index is 1.68. The molecular formula is C21H18ClN5O2S. The van der Waals surface area contributed by atoms with Crippen molar-refractivity contribution in [3.63, 3.8) is 0 Å². The monoisotopic (exact) mass is 439 g/mol. The number of hydrogen-bond acceptors (Lipinski definition) is 6. The molecular weight excluding hydrogens is 422 g/mol. The number of carbonyl (C=O) groups excluding carboxylic acids is 2. The van der Waals surface area contributed by atoms with Crippen LogP contribution < -0.4 is 10.2 Å². The molecule has 152 valence electrons. The zero-order valence-electron chi connectivity index (χ0n) is 16.4.